The van der Waals surface area contributed by atoms with E-state index in [4.69, 9.17) is 16.3 Å². The minimum atomic E-state index is -0.535. The molecule has 0 atom stereocenters. The van der Waals surface area contributed by atoms with Crippen molar-refractivity contribution in [2.24, 2.45) is 7.05 Å². The molecular formula is C25H25ClN6O4. The summed E-state index contributed by atoms with van der Waals surface area (Å²) in [5.74, 6) is 0.504. The van der Waals surface area contributed by atoms with Crippen LogP contribution in [0.25, 0.3) is 27.9 Å². The Morgan fingerprint density at radius 1 is 1.11 bits per heavy atom. The SMILES string of the molecule is CN(C)CCCOc1ccc(-c2cc(=O)n(C)cc2-c2cnn(-c3cccc(Cl)c3[N+](=O)[O-])c2)cn1. The summed E-state index contributed by atoms with van der Waals surface area (Å²) >= 11 is 6.07. The number of pyridine rings is 2. The van der Waals surface area contributed by atoms with E-state index in [1.54, 1.807) is 50.0 Å². The first-order valence-electron chi connectivity index (χ1n) is 11.2. The Labute approximate surface area is 212 Å². The number of nitrogens with zero attached hydrogens (tertiary/aromatic N) is 6. The average Bonchev–Trinajstić information content (AvgIpc) is 3.33. The van der Waals surface area contributed by atoms with Crippen LogP contribution in [0.1, 0.15) is 6.42 Å². The minimum absolute atomic E-state index is 0.0208. The molecule has 4 aromatic rings. The highest BCUT2D eigenvalue weighted by molar-refractivity contribution is 6.33. The topological polar surface area (TPSA) is 108 Å². The number of hydrogen-bond donors (Lipinski definition) is 0. The average molecular weight is 509 g/mol. The van der Waals surface area contributed by atoms with Crippen molar-refractivity contribution in [3.05, 3.63) is 86.7 Å². The lowest BCUT2D eigenvalue weighted by Gasteiger charge is -2.12. The zero-order valence-electron chi connectivity index (χ0n) is 20.1. The number of hydrogen-bond acceptors (Lipinski definition) is 7. The zero-order chi connectivity index (χ0) is 25.8. The normalized spacial score (nSPS) is 11.1. The molecule has 0 unspecified atom stereocenters. The first-order valence-corrected chi connectivity index (χ1v) is 11.6. The van der Waals surface area contributed by atoms with Gasteiger partial charge in [0.05, 0.1) is 17.7 Å². The molecule has 3 aromatic heterocycles. The van der Waals surface area contributed by atoms with Crippen molar-refractivity contribution in [2.45, 2.75) is 6.42 Å². The molecule has 0 aliphatic rings. The summed E-state index contributed by atoms with van der Waals surface area (Å²) in [4.78, 5) is 30.0. The Kier molecular flexibility index (Phi) is 7.47. The van der Waals surface area contributed by atoms with Gasteiger partial charge >= 0.3 is 5.69 Å². The third-order valence-electron chi connectivity index (χ3n) is 5.56. The standard InChI is InChI=1S/C25H25ClN6O4/c1-29(2)10-5-11-36-23-9-8-17(13-27-23)19-12-24(33)30(3)16-20(19)18-14-28-31(15-18)22-7-4-6-21(26)25(22)32(34)35/h4,6-9,12-16H,5,10-11H2,1-3H3. The Morgan fingerprint density at radius 2 is 1.92 bits per heavy atom. The number of rotatable bonds is 9. The van der Waals surface area contributed by atoms with Crippen molar-refractivity contribution in [1.29, 1.82) is 0 Å². The molecule has 186 valence electrons. The molecule has 3 heterocycles. The lowest BCUT2D eigenvalue weighted by molar-refractivity contribution is -0.384. The minimum Gasteiger partial charge on any atom is -0.478 e. The molecule has 0 saturated carbocycles. The fraction of sp³-hybridized carbons (Fsp3) is 0.240. The maximum absolute atomic E-state index is 12.5. The van der Waals surface area contributed by atoms with Gasteiger partial charge < -0.3 is 14.2 Å². The van der Waals surface area contributed by atoms with E-state index >= 15 is 0 Å². The molecule has 0 fully saturated rings. The molecule has 0 bridgehead atoms. The van der Waals surface area contributed by atoms with Crippen molar-refractivity contribution < 1.29 is 9.66 Å². The fourth-order valence-corrected chi connectivity index (χ4v) is 3.98. The molecule has 0 N–H and O–H groups in total. The highest BCUT2D eigenvalue weighted by Crippen LogP contribution is 2.34. The summed E-state index contributed by atoms with van der Waals surface area (Å²) < 4.78 is 8.58. The number of nitro groups is 1. The van der Waals surface area contributed by atoms with E-state index in [0.29, 0.717) is 23.6 Å². The molecule has 36 heavy (non-hydrogen) atoms. The smallest absolute Gasteiger partial charge is 0.313 e. The van der Waals surface area contributed by atoms with Gasteiger partial charge in [-0.25, -0.2) is 9.67 Å². The number of aromatic nitrogens is 4. The van der Waals surface area contributed by atoms with Gasteiger partial charge in [-0.1, -0.05) is 17.7 Å². The Balaban J connectivity index is 1.68. The number of para-hydroxylation sites is 1. The fourth-order valence-electron chi connectivity index (χ4n) is 3.74. The number of halogens is 1. The van der Waals surface area contributed by atoms with Crippen molar-refractivity contribution in [3.63, 3.8) is 0 Å². The van der Waals surface area contributed by atoms with Gasteiger partial charge in [0, 0.05) is 61.0 Å². The van der Waals surface area contributed by atoms with E-state index in [0.717, 1.165) is 24.1 Å². The summed E-state index contributed by atoms with van der Waals surface area (Å²) in [5, 5.41) is 15.9. The van der Waals surface area contributed by atoms with Crippen LogP contribution < -0.4 is 10.3 Å². The van der Waals surface area contributed by atoms with E-state index in [2.05, 4.69) is 15.0 Å². The summed E-state index contributed by atoms with van der Waals surface area (Å²) in [6.45, 7) is 1.47. The van der Waals surface area contributed by atoms with Crippen LogP contribution in [0, 0.1) is 10.1 Å². The second-order valence-corrected chi connectivity index (χ2v) is 8.89. The zero-order valence-corrected chi connectivity index (χ0v) is 20.8. The molecule has 0 amide bonds. The van der Waals surface area contributed by atoms with Crippen LogP contribution in [0.15, 0.2) is 66.0 Å². The van der Waals surface area contributed by atoms with Gasteiger partial charge in [-0.15, -0.1) is 0 Å². The van der Waals surface area contributed by atoms with E-state index in [-0.39, 0.29) is 22.0 Å². The largest absolute Gasteiger partial charge is 0.478 e. The predicted molar refractivity (Wildman–Crippen MR) is 138 cm³/mol. The van der Waals surface area contributed by atoms with Gasteiger partial charge in [-0.3, -0.25) is 14.9 Å². The molecule has 10 nitrogen and oxygen atoms in total. The molecule has 11 heteroatoms. The van der Waals surface area contributed by atoms with Gasteiger partial charge in [0.15, 0.2) is 0 Å². The van der Waals surface area contributed by atoms with E-state index in [1.165, 1.54) is 21.4 Å². The second kappa shape index (κ2) is 10.7. The highest BCUT2D eigenvalue weighted by Gasteiger charge is 2.21. The Morgan fingerprint density at radius 3 is 2.61 bits per heavy atom. The lowest BCUT2D eigenvalue weighted by Crippen LogP contribution is -2.16. The molecule has 0 saturated heterocycles. The van der Waals surface area contributed by atoms with Crippen molar-refractivity contribution in [1.82, 2.24) is 24.2 Å². The van der Waals surface area contributed by atoms with Crippen LogP contribution in [0.2, 0.25) is 5.02 Å². The summed E-state index contributed by atoms with van der Waals surface area (Å²) in [7, 11) is 5.67. The van der Waals surface area contributed by atoms with Crippen LogP contribution in [0.3, 0.4) is 0 Å². The van der Waals surface area contributed by atoms with E-state index < -0.39 is 4.92 Å². The third-order valence-corrected chi connectivity index (χ3v) is 5.87. The lowest BCUT2D eigenvalue weighted by atomic mass is 9.99. The number of aryl methyl sites for hydroxylation is 1. The number of benzene rings is 1. The van der Waals surface area contributed by atoms with Crippen LogP contribution in [0.4, 0.5) is 5.69 Å². The number of ether oxygens (including phenoxy) is 1. The van der Waals surface area contributed by atoms with E-state index in [1.807, 2.05) is 20.2 Å². The highest BCUT2D eigenvalue weighted by atomic mass is 35.5. The van der Waals surface area contributed by atoms with Crippen LogP contribution >= 0.6 is 11.6 Å². The van der Waals surface area contributed by atoms with Gasteiger partial charge in [0.25, 0.3) is 5.56 Å². The van der Waals surface area contributed by atoms with Crippen molar-refractivity contribution in [2.75, 3.05) is 27.2 Å². The van der Waals surface area contributed by atoms with Crippen molar-refractivity contribution >= 4 is 17.3 Å². The molecular weight excluding hydrogens is 484 g/mol. The van der Waals surface area contributed by atoms with Crippen LogP contribution in [0.5, 0.6) is 5.88 Å². The van der Waals surface area contributed by atoms with Gasteiger partial charge in [0.1, 0.15) is 10.7 Å². The van der Waals surface area contributed by atoms with Crippen LogP contribution in [-0.2, 0) is 7.05 Å². The van der Waals surface area contributed by atoms with Gasteiger partial charge in [-0.05, 0) is 44.3 Å². The van der Waals surface area contributed by atoms with Gasteiger partial charge in [-0.2, -0.15) is 5.10 Å². The molecule has 1 aromatic carbocycles. The predicted octanol–water partition coefficient (Wildman–Crippen LogP) is 4.19. The Hall–Kier alpha value is -4.02. The number of nitro benzene ring substituents is 1. The second-order valence-electron chi connectivity index (χ2n) is 8.48. The quantitative estimate of drug-likeness (QED) is 0.189. The molecule has 0 aliphatic heterocycles. The summed E-state index contributed by atoms with van der Waals surface area (Å²) in [6, 6.07) is 9.80. The molecule has 0 spiro atoms. The maximum atomic E-state index is 12.5. The monoisotopic (exact) mass is 508 g/mol. The van der Waals surface area contributed by atoms with Crippen molar-refractivity contribution in [3.8, 4) is 33.8 Å². The molecule has 0 radical (unpaired) electrons. The molecule has 4 rings (SSSR count). The third kappa shape index (κ3) is 5.45. The Bertz CT molecular complexity index is 1450. The molecule has 0 aliphatic carbocycles. The van der Waals surface area contributed by atoms with Crippen LogP contribution in [-0.4, -0.2) is 56.4 Å². The van der Waals surface area contributed by atoms with Gasteiger partial charge in [0.2, 0.25) is 5.88 Å². The summed E-state index contributed by atoms with van der Waals surface area (Å²) in [6.07, 6.45) is 7.49. The van der Waals surface area contributed by atoms with E-state index in [9.17, 15) is 14.9 Å². The summed E-state index contributed by atoms with van der Waals surface area (Å²) in [5.41, 5.74) is 2.58. The first-order chi connectivity index (χ1) is 17.2. The maximum Gasteiger partial charge on any atom is 0.313 e. The first kappa shape index (κ1) is 25.1.